The average Bonchev–Trinajstić information content (AvgIpc) is 2.08. The molecule has 12 heavy (non-hydrogen) atoms. The molecule has 0 fully saturated rings. The number of urea groups is 1. The van der Waals surface area contributed by atoms with Crippen molar-refractivity contribution in [1.82, 2.24) is 0 Å². The van der Waals surface area contributed by atoms with Gasteiger partial charge in [-0.1, -0.05) is 18.2 Å². The van der Waals surface area contributed by atoms with E-state index in [1.165, 1.54) is 0 Å². The van der Waals surface area contributed by atoms with Gasteiger partial charge in [0.05, 0.1) is 0 Å². The van der Waals surface area contributed by atoms with Crippen LogP contribution in [-0.4, -0.2) is 16.5 Å². The van der Waals surface area contributed by atoms with E-state index in [2.05, 4.69) is 5.32 Å². The van der Waals surface area contributed by atoms with Crippen molar-refractivity contribution in [3.8, 4) is 0 Å². The molecular weight excluding hydrogens is 160 g/mol. The Morgan fingerprint density at radius 3 is 2.17 bits per heavy atom. The van der Waals surface area contributed by atoms with Gasteiger partial charge < -0.3 is 11.1 Å². The molecule has 0 aliphatic rings. The Balaban J connectivity index is 0.000000561. The van der Waals surface area contributed by atoms with Crippen LogP contribution in [0.1, 0.15) is 0 Å². The van der Waals surface area contributed by atoms with Crippen LogP contribution in [0.15, 0.2) is 30.3 Å². The molecule has 0 atom stereocenters. The van der Waals surface area contributed by atoms with E-state index in [1.54, 1.807) is 12.1 Å². The van der Waals surface area contributed by atoms with Gasteiger partial charge in [-0.15, -0.1) is 0 Å². The van der Waals surface area contributed by atoms with E-state index >= 15 is 0 Å². The second-order valence-electron chi connectivity index (χ2n) is 1.86. The van der Waals surface area contributed by atoms with Gasteiger partial charge >= 0.3 is 6.03 Å². The molecule has 0 heterocycles. The van der Waals surface area contributed by atoms with E-state index in [4.69, 9.17) is 16.2 Å². The Morgan fingerprint density at radius 2 is 1.75 bits per heavy atom. The maximum Gasteiger partial charge on any atom is 0.316 e. The second kappa shape index (κ2) is 6.14. The van der Waals surface area contributed by atoms with Gasteiger partial charge in [-0.3, -0.25) is 10.5 Å². The van der Waals surface area contributed by atoms with Gasteiger partial charge in [-0.2, -0.15) is 0 Å². The first kappa shape index (κ1) is 10.4. The molecule has 0 radical (unpaired) electrons. The highest BCUT2D eigenvalue weighted by Gasteiger charge is 1.90. The minimum atomic E-state index is -0.536. The van der Waals surface area contributed by atoms with Crippen molar-refractivity contribution in [2.75, 3.05) is 5.32 Å². The van der Waals surface area contributed by atoms with E-state index in [1.807, 2.05) is 18.2 Å². The first-order chi connectivity index (χ1) is 5.79. The van der Waals surface area contributed by atoms with Crippen molar-refractivity contribution in [3.63, 3.8) is 0 Å². The number of rotatable bonds is 1. The molecule has 1 aromatic rings. The lowest BCUT2D eigenvalue weighted by Gasteiger charge is -1.97. The SMILES string of the molecule is NC(=O)Nc1ccccc1.OO. The van der Waals surface area contributed by atoms with Crippen LogP contribution in [0.25, 0.3) is 0 Å². The number of benzene rings is 1. The van der Waals surface area contributed by atoms with Crippen molar-refractivity contribution >= 4 is 11.7 Å². The molecule has 0 unspecified atom stereocenters. The predicted molar refractivity (Wildman–Crippen MR) is 44.9 cm³/mol. The van der Waals surface area contributed by atoms with Gasteiger partial charge in [-0.05, 0) is 12.1 Å². The predicted octanol–water partition coefficient (Wildman–Crippen LogP) is 1.19. The Kier molecular flexibility index (Phi) is 5.33. The van der Waals surface area contributed by atoms with Crippen LogP contribution in [-0.2, 0) is 0 Å². The topological polar surface area (TPSA) is 95.6 Å². The van der Waals surface area contributed by atoms with Gasteiger partial charge in [-0.25, -0.2) is 4.79 Å². The Morgan fingerprint density at radius 1 is 1.25 bits per heavy atom. The first-order valence-electron chi connectivity index (χ1n) is 3.10. The molecule has 1 aromatic carbocycles. The number of anilines is 1. The number of primary amides is 1. The molecule has 0 aromatic heterocycles. The molecule has 5 nitrogen and oxygen atoms in total. The lowest BCUT2D eigenvalue weighted by Crippen LogP contribution is -2.18. The normalized spacial score (nSPS) is 7.83. The molecule has 2 amide bonds. The third kappa shape index (κ3) is 4.26. The number of nitrogens with one attached hydrogen (secondary N) is 1. The summed E-state index contributed by atoms with van der Waals surface area (Å²) in [5.41, 5.74) is 5.59. The number of hydrogen-bond donors (Lipinski definition) is 4. The largest absolute Gasteiger partial charge is 0.351 e. The van der Waals surface area contributed by atoms with Crippen molar-refractivity contribution < 1.29 is 15.3 Å². The fourth-order valence-corrected chi connectivity index (χ4v) is 0.664. The van der Waals surface area contributed by atoms with E-state index in [-0.39, 0.29) is 0 Å². The zero-order valence-electron chi connectivity index (χ0n) is 6.27. The number of nitrogens with two attached hydrogens (primary N) is 1. The summed E-state index contributed by atoms with van der Waals surface area (Å²) in [6.45, 7) is 0. The van der Waals surface area contributed by atoms with Crippen LogP contribution in [0.2, 0.25) is 0 Å². The van der Waals surface area contributed by atoms with E-state index < -0.39 is 6.03 Å². The van der Waals surface area contributed by atoms with Crippen molar-refractivity contribution in [2.45, 2.75) is 0 Å². The van der Waals surface area contributed by atoms with Crippen LogP contribution in [0.5, 0.6) is 0 Å². The minimum Gasteiger partial charge on any atom is -0.351 e. The van der Waals surface area contributed by atoms with Crippen LogP contribution in [0, 0.1) is 0 Å². The highest BCUT2D eigenvalue weighted by Crippen LogP contribution is 2.03. The number of hydrogen-bond acceptors (Lipinski definition) is 3. The van der Waals surface area contributed by atoms with E-state index in [0.717, 1.165) is 5.69 Å². The Labute approximate surface area is 69.4 Å². The lowest BCUT2D eigenvalue weighted by atomic mass is 10.3. The highest BCUT2D eigenvalue weighted by atomic mass is 17.0. The molecule has 66 valence electrons. The van der Waals surface area contributed by atoms with Gasteiger partial charge in [0.15, 0.2) is 0 Å². The smallest absolute Gasteiger partial charge is 0.316 e. The molecule has 0 bridgehead atoms. The quantitative estimate of drug-likeness (QED) is 0.376. The number of carbonyl (C=O) groups is 1. The van der Waals surface area contributed by atoms with E-state index in [9.17, 15) is 4.79 Å². The third-order valence-electron chi connectivity index (χ3n) is 1.04. The Bertz CT molecular complexity index is 225. The zero-order valence-corrected chi connectivity index (χ0v) is 6.27. The molecule has 1 rings (SSSR count). The maximum atomic E-state index is 10.3. The summed E-state index contributed by atoms with van der Waals surface area (Å²) < 4.78 is 0. The molecule has 5 N–H and O–H groups in total. The number of para-hydroxylation sites is 1. The molecule has 0 saturated heterocycles. The van der Waals surface area contributed by atoms with Crippen LogP contribution >= 0.6 is 0 Å². The summed E-state index contributed by atoms with van der Waals surface area (Å²) in [5, 5.41) is 14.4. The fourth-order valence-electron chi connectivity index (χ4n) is 0.664. The van der Waals surface area contributed by atoms with Gasteiger partial charge in [0.2, 0.25) is 0 Å². The summed E-state index contributed by atoms with van der Waals surface area (Å²) in [7, 11) is 0. The van der Waals surface area contributed by atoms with E-state index in [0.29, 0.717) is 0 Å². The van der Waals surface area contributed by atoms with Crippen LogP contribution < -0.4 is 11.1 Å². The van der Waals surface area contributed by atoms with Crippen LogP contribution in [0.4, 0.5) is 10.5 Å². The molecule has 0 saturated carbocycles. The maximum absolute atomic E-state index is 10.3. The lowest BCUT2D eigenvalue weighted by molar-refractivity contribution is -0.176. The highest BCUT2D eigenvalue weighted by molar-refractivity contribution is 5.87. The molecular formula is C7H10N2O3. The summed E-state index contributed by atoms with van der Waals surface area (Å²) in [6.07, 6.45) is 0. The zero-order chi connectivity index (χ0) is 9.40. The number of amides is 2. The summed E-state index contributed by atoms with van der Waals surface area (Å²) in [4.78, 5) is 10.3. The first-order valence-corrected chi connectivity index (χ1v) is 3.10. The van der Waals surface area contributed by atoms with Crippen molar-refractivity contribution in [2.24, 2.45) is 5.73 Å². The van der Waals surface area contributed by atoms with Crippen molar-refractivity contribution in [1.29, 1.82) is 0 Å². The molecule has 0 aliphatic carbocycles. The second-order valence-corrected chi connectivity index (χ2v) is 1.86. The average molecular weight is 170 g/mol. The summed E-state index contributed by atoms with van der Waals surface area (Å²) >= 11 is 0. The fraction of sp³-hybridized carbons (Fsp3) is 0. The standard InChI is InChI=1S/C7H8N2O.H2O2/c8-7(10)9-6-4-2-1-3-5-6;1-2/h1-5H,(H3,8,9,10);1-2H. The van der Waals surface area contributed by atoms with Gasteiger partial charge in [0, 0.05) is 5.69 Å². The minimum absolute atomic E-state index is 0.536. The summed E-state index contributed by atoms with van der Waals surface area (Å²) in [5.74, 6) is 0. The van der Waals surface area contributed by atoms with Crippen LogP contribution in [0.3, 0.4) is 0 Å². The third-order valence-corrected chi connectivity index (χ3v) is 1.04. The monoisotopic (exact) mass is 170 g/mol. The molecule has 5 heteroatoms. The van der Waals surface area contributed by atoms with Gasteiger partial charge in [0.1, 0.15) is 0 Å². The number of carbonyl (C=O) groups excluding carboxylic acids is 1. The van der Waals surface area contributed by atoms with Crippen molar-refractivity contribution in [3.05, 3.63) is 30.3 Å². The molecule has 0 aliphatic heterocycles. The van der Waals surface area contributed by atoms with Gasteiger partial charge in [0.25, 0.3) is 0 Å². The Hall–Kier alpha value is -1.59. The molecule has 0 spiro atoms. The summed E-state index contributed by atoms with van der Waals surface area (Å²) in [6, 6.07) is 8.52.